The van der Waals surface area contributed by atoms with E-state index < -0.39 is 0 Å². The van der Waals surface area contributed by atoms with Crippen LogP contribution in [-0.4, -0.2) is 56.5 Å². The molecule has 0 amide bonds. The zero-order valence-corrected chi connectivity index (χ0v) is 14.2. The molecule has 0 aliphatic carbocycles. The molecular weight excluding hydrogens is 336 g/mol. The highest BCUT2D eigenvalue weighted by Gasteiger charge is 2.25. The number of hydrogen-bond donors (Lipinski definition) is 1. The minimum absolute atomic E-state index is 0.418. The van der Waals surface area contributed by atoms with Crippen LogP contribution in [0.5, 0.6) is 5.88 Å². The first-order chi connectivity index (χ1) is 10.3. The molecule has 1 aromatic heterocycles. The number of ether oxygens (including phenoxy) is 2. The second-order valence-electron chi connectivity index (χ2n) is 5.07. The number of hydrogen-bond acceptors (Lipinski definition) is 6. The summed E-state index contributed by atoms with van der Waals surface area (Å²) in [5, 5.41) is 3.43. The normalized spacial score (nSPS) is 18.8. The van der Waals surface area contributed by atoms with Crippen molar-refractivity contribution in [1.82, 2.24) is 15.3 Å². The summed E-state index contributed by atoms with van der Waals surface area (Å²) in [6.07, 6.45) is 5.34. The van der Waals surface area contributed by atoms with E-state index in [1.807, 2.05) is 0 Å². The molecule has 1 N–H and O–H groups in total. The average molecular weight is 359 g/mol. The number of nitrogens with one attached hydrogen (secondary N) is 1. The maximum Gasteiger partial charge on any atom is 0.232 e. The van der Waals surface area contributed by atoms with Crippen molar-refractivity contribution in [3.05, 3.63) is 10.7 Å². The molecule has 1 saturated heterocycles. The molecule has 1 aliphatic rings. The van der Waals surface area contributed by atoms with Gasteiger partial charge in [0.2, 0.25) is 11.8 Å². The topological polar surface area (TPSA) is 59.5 Å². The Bertz CT molecular complexity index is 447. The van der Waals surface area contributed by atoms with Crippen LogP contribution < -0.4 is 15.0 Å². The highest BCUT2D eigenvalue weighted by atomic mass is 79.9. The Labute approximate surface area is 134 Å². The van der Waals surface area contributed by atoms with E-state index in [1.54, 1.807) is 20.4 Å². The molecule has 1 aliphatic heterocycles. The summed E-state index contributed by atoms with van der Waals surface area (Å²) in [6, 6.07) is 0.418. The van der Waals surface area contributed by atoms with Gasteiger partial charge in [0, 0.05) is 32.8 Å². The van der Waals surface area contributed by atoms with E-state index in [0.717, 1.165) is 43.1 Å². The third kappa shape index (κ3) is 4.52. The molecule has 2 heterocycles. The van der Waals surface area contributed by atoms with E-state index >= 15 is 0 Å². The molecule has 1 atom stereocenters. The summed E-state index contributed by atoms with van der Waals surface area (Å²) in [6.45, 7) is 3.51. The van der Waals surface area contributed by atoms with Crippen LogP contribution in [0.25, 0.3) is 0 Å². The molecule has 0 radical (unpaired) electrons. The first kappa shape index (κ1) is 16.5. The van der Waals surface area contributed by atoms with Crippen molar-refractivity contribution in [2.45, 2.75) is 25.3 Å². The Balaban J connectivity index is 2.03. The Kier molecular flexibility index (Phi) is 6.66. The molecule has 118 valence electrons. The van der Waals surface area contributed by atoms with Crippen LogP contribution in [0.2, 0.25) is 0 Å². The van der Waals surface area contributed by atoms with Gasteiger partial charge in [-0.1, -0.05) is 0 Å². The molecule has 0 saturated carbocycles. The second kappa shape index (κ2) is 8.51. The maximum atomic E-state index is 5.27. The zero-order valence-electron chi connectivity index (χ0n) is 12.6. The van der Waals surface area contributed by atoms with E-state index in [4.69, 9.17) is 9.47 Å². The van der Waals surface area contributed by atoms with Crippen molar-refractivity contribution in [1.29, 1.82) is 0 Å². The molecule has 1 unspecified atom stereocenters. The van der Waals surface area contributed by atoms with Gasteiger partial charge in [0.25, 0.3) is 0 Å². The fourth-order valence-electron chi connectivity index (χ4n) is 2.54. The smallest absolute Gasteiger partial charge is 0.232 e. The van der Waals surface area contributed by atoms with Gasteiger partial charge in [-0.3, -0.25) is 0 Å². The lowest BCUT2D eigenvalue weighted by Crippen LogP contribution is -2.46. The molecule has 0 bridgehead atoms. The van der Waals surface area contributed by atoms with Crippen molar-refractivity contribution >= 4 is 21.9 Å². The largest absolute Gasteiger partial charge is 0.480 e. The molecule has 0 aromatic carbocycles. The van der Waals surface area contributed by atoms with E-state index in [2.05, 4.69) is 36.1 Å². The Morgan fingerprint density at radius 2 is 2.29 bits per heavy atom. The van der Waals surface area contributed by atoms with Gasteiger partial charge in [0.15, 0.2) is 0 Å². The van der Waals surface area contributed by atoms with E-state index in [0.29, 0.717) is 11.9 Å². The van der Waals surface area contributed by atoms with E-state index in [-0.39, 0.29) is 0 Å². The van der Waals surface area contributed by atoms with Gasteiger partial charge in [-0.2, -0.15) is 4.98 Å². The number of piperidine rings is 1. The van der Waals surface area contributed by atoms with E-state index in [9.17, 15) is 0 Å². The average Bonchev–Trinajstić information content (AvgIpc) is 2.52. The number of nitrogens with zero attached hydrogens (tertiary/aromatic N) is 3. The van der Waals surface area contributed by atoms with Gasteiger partial charge >= 0.3 is 0 Å². The van der Waals surface area contributed by atoms with Gasteiger partial charge < -0.3 is 19.7 Å². The van der Waals surface area contributed by atoms with Crippen LogP contribution in [0.15, 0.2) is 10.7 Å². The van der Waals surface area contributed by atoms with Crippen molar-refractivity contribution in [2.75, 3.05) is 45.4 Å². The summed E-state index contributed by atoms with van der Waals surface area (Å²) < 4.78 is 11.1. The van der Waals surface area contributed by atoms with E-state index in [1.165, 1.54) is 12.8 Å². The summed E-state index contributed by atoms with van der Waals surface area (Å²) >= 11 is 3.39. The number of halogens is 1. The Hall–Kier alpha value is -0.920. The van der Waals surface area contributed by atoms with Crippen molar-refractivity contribution < 1.29 is 9.47 Å². The number of aromatic nitrogens is 2. The molecule has 7 heteroatoms. The van der Waals surface area contributed by atoms with Gasteiger partial charge in [0.1, 0.15) is 0 Å². The standard InChI is InChI=1S/C14H23BrN4O2/c1-20-8-6-16-9-11-5-3-4-7-19(11)14-17-10-12(15)13(18-14)21-2/h10-11,16H,3-9H2,1-2H3. The minimum atomic E-state index is 0.418. The molecule has 1 aromatic rings. The third-order valence-electron chi connectivity index (χ3n) is 3.64. The Morgan fingerprint density at radius 3 is 3.05 bits per heavy atom. The van der Waals surface area contributed by atoms with Crippen molar-refractivity contribution in [3.63, 3.8) is 0 Å². The fourth-order valence-corrected chi connectivity index (χ4v) is 2.90. The van der Waals surface area contributed by atoms with Crippen LogP contribution in [0.4, 0.5) is 5.95 Å². The SMILES string of the molecule is COCCNCC1CCCCN1c1ncc(Br)c(OC)n1. The maximum absolute atomic E-state index is 5.27. The van der Waals surface area contributed by atoms with Gasteiger partial charge in [-0.05, 0) is 35.2 Å². The lowest BCUT2D eigenvalue weighted by Gasteiger charge is -2.36. The Morgan fingerprint density at radius 1 is 1.43 bits per heavy atom. The molecule has 1 fully saturated rings. The summed E-state index contributed by atoms with van der Waals surface area (Å²) in [5.74, 6) is 1.32. The first-order valence-corrected chi connectivity index (χ1v) is 8.08. The summed E-state index contributed by atoms with van der Waals surface area (Å²) in [5.41, 5.74) is 0. The van der Waals surface area contributed by atoms with Crippen LogP contribution in [0, 0.1) is 0 Å². The van der Waals surface area contributed by atoms with Gasteiger partial charge in [-0.25, -0.2) is 4.98 Å². The molecule has 21 heavy (non-hydrogen) atoms. The molecule has 0 spiro atoms. The third-order valence-corrected chi connectivity index (χ3v) is 4.18. The highest BCUT2D eigenvalue weighted by molar-refractivity contribution is 9.10. The van der Waals surface area contributed by atoms with Crippen molar-refractivity contribution in [3.8, 4) is 5.88 Å². The monoisotopic (exact) mass is 358 g/mol. The lowest BCUT2D eigenvalue weighted by atomic mass is 10.0. The minimum Gasteiger partial charge on any atom is -0.480 e. The summed E-state index contributed by atoms with van der Waals surface area (Å²) in [4.78, 5) is 11.2. The van der Waals surface area contributed by atoms with Gasteiger partial charge in [-0.15, -0.1) is 0 Å². The van der Waals surface area contributed by atoms with Crippen molar-refractivity contribution in [2.24, 2.45) is 0 Å². The lowest BCUT2D eigenvalue weighted by molar-refractivity contribution is 0.198. The van der Waals surface area contributed by atoms with Crippen LogP contribution in [0.1, 0.15) is 19.3 Å². The predicted octanol–water partition coefficient (Wildman–Crippen LogP) is 1.84. The summed E-state index contributed by atoms with van der Waals surface area (Å²) in [7, 11) is 3.34. The first-order valence-electron chi connectivity index (χ1n) is 7.29. The van der Waals surface area contributed by atoms with Crippen LogP contribution in [0.3, 0.4) is 0 Å². The fraction of sp³-hybridized carbons (Fsp3) is 0.714. The van der Waals surface area contributed by atoms with Crippen LogP contribution in [-0.2, 0) is 4.74 Å². The molecular formula is C14H23BrN4O2. The number of anilines is 1. The van der Waals surface area contributed by atoms with Crippen LogP contribution >= 0.6 is 15.9 Å². The molecule has 2 rings (SSSR count). The zero-order chi connectivity index (χ0) is 15.1. The number of rotatable bonds is 7. The van der Waals surface area contributed by atoms with Gasteiger partial charge in [0.05, 0.1) is 24.4 Å². The second-order valence-corrected chi connectivity index (χ2v) is 5.92. The number of methoxy groups -OCH3 is 2. The highest BCUT2D eigenvalue weighted by Crippen LogP contribution is 2.27. The molecule has 6 nitrogen and oxygen atoms in total. The quantitative estimate of drug-likeness (QED) is 0.750. The predicted molar refractivity (Wildman–Crippen MR) is 86.0 cm³/mol.